The van der Waals surface area contributed by atoms with Crippen LogP contribution in [0.3, 0.4) is 0 Å². The molecule has 0 aromatic heterocycles. The third-order valence-electron chi connectivity index (χ3n) is 4.31. The van der Waals surface area contributed by atoms with Crippen LogP contribution >= 0.6 is 0 Å². The molecule has 1 aliphatic heterocycles. The van der Waals surface area contributed by atoms with E-state index in [1.54, 1.807) is 0 Å². The topological polar surface area (TPSA) is 18.5 Å². The Morgan fingerprint density at radius 2 is 2.14 bits per heavy atom. The third-order valence-corrected chi connectivity index (χ3v) is 4.31. The fraction of sp³-hybridized carbons (Fsp3) is 0.600. The van der Waals surface area contributed by atoms with Crippen molar-refractivity contribution in [3.05, 3.63) is 35.4 Å². The van der Waals surface area contributed by atoms with Crippen LogP contribution in [0.1, 0.15) is 59.4 Å². The van der Waals surface area contributed by atoms with Crippen LogP contribution in [0.2, 0.25) is 0 Å². The summed E-state index contributed by atoms with van der Waals surface area (Å²) in [5, 5.41) is 0. The molecule has 22 heavy (non-hydrogen) atoms. The highest BCUT2D eigenvalue weighted by atomic mass is 16.5. The van der Waals surface area contributed by atoms with Crippen LogP contribution in [-0.2, 0) is 5.41 Å². The summed E-state index contributed by atoms with van der Waals surface area (Å²) in [4.78, 5) is 0. The maximum atomic E-state index is 5.84. The molecule has 1 aliphatic rings. The number of fused-ring (bicyclic) bond motifs is 1. The van der Waals surface area contributed by atoms with Crippen LogP contribution in [0.25, 0.3) is 0 Å². The number of hydrogen-bond acceptors (Lipinski definition) is 2. The van der Waals surface area contributed by atoms with Crippen LogP contribution in [-0.4, -0.2) is 13.2 Å². The molecule has 0 unspecified atom stereocenters. The molecule has 2 rings (SSSR count). The summed E-state index contributed by atoms with van der Waals surface area (Å²) in [6.45, 7) is 12.6. The van der Waals surface area contributed by atoms with Gasteiger partial charge in [-0.25, -0.2) is 0 Å². The van der Waals surface area contributed by atoms with Gasteiger partial charge >= 0.3 is 0 Å². The fourth-order valence-electron chi connectivity index (χ4n) is 2.78. The van der Waals surface area contributed by atoms with Crippen molar-refractivity contribution in [2.24, 2.45) is 5.92 Å². The first-order valence-electron chi connectivity index (χ1n) is 8.44. The van der Waals surface area contributed by atoms with Gasteiger partial charge < -0.3 is 9.47 Å². The van der Waals surface area contributed by atoms with E-state index in [0.29, 0.717) is 6.61 Å². The lowest BCUT2D eigenvalue weighted by Gasteiger charge is -2.15. The summed E-state index contributed by atoms with van der Waals surface area (Å²) < 4.78 is 11.6. The molecule has 0 saturated heterocycles. The Morgan fingerprint density at radius 3 is 2.86 bits per heavy atom. The summed E-state index contributed by atoms with van der Waals surface area (Å²) in [5.74, 6) is 2.66. The van der Waals surface area contributed by atoms with Crippen molar-refractivity contribution in [3.63, 3.8) is 0 Å². The second kappa shape index (κ2) is 7.21. The van der Waals surface area contributed by atoms with E-state index >= 15 is 0 Å². The Kier molecular flexibility index (Phi) is 5.55. The minimum absolute atomic E-state index is 0.112. The number of hydrogen-bond donors (Lipinski definition) is 0. The zero-order valence-electron chi connectivity index (χ0n) is 14.7. The quantitative estimate of drug-likeness (QED) is 0.618. The maximum Gasteiger partial charge on any atom is 0.126 e. The minimum Gasteiger partial charge on any atom is -0.492 e. The van der Waals surface area contributed by atoms with Crippen LogP contribution in [0, 0.1) is 5.92 Å². The molecule has 0 fully saturated rings. The highest BCUT2D eigenvalue weighted by molar-refractivity contribution is 5.47. The van der Waals surface area contributed by atoms with Gasteiger partial charge in [-0.2, -0.15) is 0 Å². The van der Waals surface area contributed by atoms with Crippen molar-refractivity contribution in [1.82, 2.24) is 0 Å². The molecule has 122 valence electrons. The zero-order chi connectivity index (χ0) is 16.2. The number of ether oxygens (including phenoxy) is 2. The van der Waals surface area contributed by atoms with Gasteiger partial charge in [0.2, 0.25) is 0 Å². The molecule has 2 nitrogen and oxygen atoms in total. The smallest absolute Gasteiger partial charge is 0.126 e. The summed E-state index contributed by atoms with van der Waals surface area (Å²) in [6, 6.07) is 6.21. The molecular weight excluding hydrogens is 272 g/mol. The largest absolute Gasteiger partial charge is 0.492 e. The van der Waals surface area contributed by atoms with Crippen molar-refractivity contribution >= 4 is 0 Å². The Morgan fingerprint density at radius 1 is 1.36 bits per heavy atom. The van der Waals surface area contributed by atoms with E-state index in [1.165, 1.54) is 30.4 Å². The molecule has 0 radical (unpaired) electrons. The first kappa shape index (κ1) is 16.9. The average molecular weight is 302 g/mol. The molecule has 1 heterocycles. The van der Waals surface area contributed by atoms with Gasteiger partial charge in [0.1, 0.15) is 18.1 Å². The summed E-state index contributed by atoms with van der Waals surface area (Å²) in [7, 11) is 0. The Labute approximate surface area is 135 Å². The Hall–Kier alpha value is -1.44. The molecule has 0 saturated carbocycles. The predicted octanol–water partition coefficient (Wildman–Crippen LogP) is 5.51. The van der Waals surface area contributed by atoms with E-state index in [-0.39, 0.29) is 5.41 Å². The van der Waals surface area contributed by atoms with Gasteiger partial charge in [0, 0.05) is 17.0 Å². The SMILES string of the molecule is CC(=CCOc1ccc2c(c1)OCC2(C)C)CCCC(C)C. The van der Waals surface area contributed by atoms with Gasteiger partial charge in [0.05, 0.1) is 6.61 Å². The molecule has 0 amide bonds. The molecule has 1 aromatic rings. The maximum absolute atomic E-state index is 5.84. The van der Waals surface area contributed by atoms with Gasteiger partial charge in [-0.15, -0.1) is 0 Å². The van der Waals surface area contributed by atoms with Gasteiger partial charge in [0.15, 0.2) is 0 Å². The first-order valence-corrected chi connectivity index (χ1v) is 8.44. The standard InChI is InChI=1S/C20H30O2/c1-15(2)7-6-8-16(3)11-12-21-17-9-10-18-19(13-17)22-14-20(18,4)5/h9-11,13,15H,6-8,12,14H2,1-5H3. The van der Waals surface area contributed by atoms with Gasteiger partial charge in [-0.3, -0.25) is 0 Å². The molecule has 1 aromatic carbocycles. The van der Waals surface area contributed by atoms with Gasteiger partial charge in [-0.05, 0) is 37.8 Å². The Balaban J connectivity index is 1.83. The van der Waals surface area contributed by atoms with Crippen molar-refractivity contribution < 1.29 is 9.47 Å². The van der Waals surface area contributed by atoms with Crippen LogP contribution in [0.4, 0.5) is 0 Å². The third kappa shape index (κ3) is 4.53. The molecule has 0 bridgehead atoms. The second-order valence-corrected chi connectivity index (χ2v) is 7.48. The zero-order valence-corrected chi connectivity index (χ0v) is 14.7. The van der Waals surface area contributed by atoms with E-state index in [9.17, 15) is 0 Å². The van der Waals surface area contributed by atoms with Crippen LogP contribution in [0.5, 0.6) is 11.5 Å². The lowest BCUT2D eigenvalue weighted by atomic mass is 9.87. The molecule has 0 aliphatic carbocycles. The highest BCUT2D eigenvalue weighted by Gasteiger charge is 2.31. The summed E-state index contributed by atoms with van der Waals surface area (Å²) in [6.07, 6.45) is 5.92. The average Bonchev–Trinajstić information content (AvgIpc) is 2.74. The highest BCUT2D eigenvalue weighted by Crippen LogP contribution is 2.40. The van der Waals surface area contributed by atoms with Crippen molar-refractivity contribution in [2.45, 2.75) is 59.3 Å². The summed E-state index contributed by atoms with van der Waals surface area (Å²) >= 11 is 0. The monoisotopic (exact) mass is 302 g/mol. The lowest BCUT2D eigenvalue weighted by molar-refractivity contribution is 0.289. The fourth-order valence-corrected chi connectivity index (χ4v) is 2.78. The number of rotatable bonds is 7. The number of benzene rings is 1. The van der Waals surface area contributed by atoms with Gasteiger partial charge in [-0.1, -0.05) is 45.8 Å². The normalized spacial score (nSPS) is 16.5. The summed E-state index contributed by atoms with van der Waals surface area (Å²) in [5.41, 5.74) is 2.81. The lowest BCUT2D eigenvalue weighted by Crippen LogP contribution is -2.18. The van der Waals surface area contributed by atoms with Crippen molar-refractivity contribution in [1.29, 1.82) is 0 Å². The molecular formula is C20H30O2. The van der Waals surface area contributed by atoms with Crippen molar-refractivity contribution in [2.75, 3.05) is 13.2 Å². The minimum atomic E-state index is 0.112. The van der Waals surface area contributed by atoms with E-state index in [2.05, 4.69) is 52.8 Å². The molecule has 0 atom stereocenters. The van der Waals surface area contributed by atoms with E-state index in [0.717, 1.165) is 24.0 Å². The molecule has 0 N–H and O–H groups in total. The second-order valence-electron chi connectivity index (χ2n) is 7.48. The number of allylic oxidation sites excluding steroid dienone is 1. The van der Waals surface area contributed by atoms with Crippen LogP contribution in [0.15, 0.2) is 29.8 Å². The van der Waals surface area contributed by atoms with E-state index in [1.807, 2.05) is 6.07 Å². The van der Waals surface area contributed by atoms with Gasteiger partial charge in [0.25, 0.3) is 0 Å². The molecule has 2 heteroatoms. The molecule has 0 spiro atoms. The van der Waals surface area contributed by atoms with Crippen LogP contribution < -0.4 is 9.47 Å². The van der Waals surface area contributed by atoms with E-state index in [4.69, 9.17) is 9.47 Å². The van der Waals surface area contributed by atoms with E-state index < -0.39 is 0 Å². The first-order chi connectivity index (χ1) is 10.4. The van der Waals surface area contributed by atoms with Crippen molar-refractivity contribution in [3.8, 4) is 11.5 Å². The Bertz CT molecular complexity index is 527. The predicted molar refractivity (Wildman–Crippen MR) is 92.9 cm³/mol.